The van der Waals surface area contributed by atoms with Crippen LogP contribution in [-0.2, 0) is 0 Å². The van der Waals surface area contributed by atoms with Gasteiger partial charge in [-0.05, 0) is 53.3 Å². The van der Waals surface area contributed by atoms with E-state index in [0.29, 0.717) is 5.84 Å². The summed E-state index contributed by atoms with van der Waals surface area (Å²) in [5.41, 5.74) is 7.57. The van der Waals surface area contributed by atoms with E-state index >= 15 is 0 Å². The quantitative estimate of drug-likeness (QED) is 0.388. The van der Waals surface area contributed by atoms with Crippen molar-refractivity contribution in [1.82, 2.24) is 0 Å². The molecule has 2 nitrogen and oxygen atoms in total. The van der Waals surface area contributed by atoms with Crippen molar-refractivity contribution in [1.29, 1.82) is 0 Å². The maximum Gasteiger partial charge on any atom is 0.115 e. The van der Waals surface area contributed by atoms with E-state index in [1.54, 1.807) is 0 Å². The normalized spacial score (nSPS) is 11.8. The molecular weight excluding hydrogens is 298 g/mol. The Kier molecular flexibility index (Phi) is 3.99. The highest BCUT2D eigenvalue weighted by atomic mass is 127. The highest BCUT2D eigenvalue weighted by Gasteiger charge is 1.96. The van der Waals surface area contributed by atoms with Gasteiger partial charge in [-0.15, -0.1) is 11.6 Å². The number of hydrogen-bond donors (Lipinski definition) is 1. The smallest absolute Gasteiger partial charge is 0.115 e. The Hall–Kier alpha value is -0.290. The third-order valence-electron chi connectivity index (χ3n) is 1.55. The van der Waals surface area contributed by atoms with Crippen LogP contribution in [0.15, 0.2) is 23.2 Å². The van der Waals surface area contributed by atoms with Gasteiger partial charge in [0, 0.05) is 3.57 Å². The molecule has 2 N–H and O–H groups in total. The number of aliphatic imine (C=N–C) groups is 1. The zero-order valence-electron chi connectivity index (χ0n) is 7.22. The van der Waals surface area contributed by atoms with Gasteiger partial charge in [0.05, 0.1) is 11.6 Å². The summed E-state index contributed by atoms with van der Waals surface area (Å²) in [6, 6.07) is 5.92. The third-order valence-corrected chi connectivity index (χ3v) is 3.04. The molecule has 0 radical (unpaired) electrons. The molecule has 13 heavy (non-hydrogen) atoms. The summed E-state index contributed by atoms with van der Waals surface area (Å²) in [5, 5.41) is 0. The molecule has 0 saturated carbocycles. The van der Waals surface area contributed by atoms with Gasteiger partial charge in [-0.2, -0.15) is 0 Å². The number of nitrogens with two attached hydrogens (primary N) is 1. The molecular formula is C9H10ClIN2. The number of rotatable bonds is 2. The maximum atomic E-state index is 5.52. The molecule has 4 heteroatoms. The predicted molar refractivity (Wildman–Crippen MR) is 65.9 cm³/mol. The largest absolute Gasteiger partial charge is 0.386 e. The van der Waals surface area contributed by atoms with Gasteiger partial charge in [0.15, 0.2) is 0 Å². The second-order valence-corrected chi connectivity index (χ2v) is 4.10. The molecule has 0 saturated heterocycles. The Labute approximate surface area is 96.3 Å². The number of amidine groups is 1. The lowest BCUT2D eigenvalue weighted by atomic mass is 10.2. The molecule has 0 bridgehead atoms. The van der Waals surface area contributed by atoms with Gasteiger partial charge in [-0.25, -0.2) is 4.99 Å². The number of nitrogens with zero attached hydrogens (tertiary/aromatic N) is 1. The molecule has 1 aromatic rings. The van der Waals surface area contributed by atoms with E-state index in [2.05, 4.69) is 27.6 Å². The highest BCUT2D eigenvalue weighted by molar-refractivity contribution is 14.1. The molecule has 0 atom stereocenters. The lowest BCUT2D eigenvalue weighted by molar-refractivity contribution is 1.38. The van der Waals surface area contributed by atoms with Gasteiger partial charge < -0.3 is 5.73 Å². The van der Waals surface area contributed by atoms with Crippen LogP contribution in [0.25, 0.3) is 0 Å². The summed E-state index contributed by atoms with van der Waals surface area (Å²) >= 11 is 7.79. The van der Waals surface area contributed by atoms with E-state index in [4.69, 9.17) is 17.3 Å². The molecule has 1 rings (SSSR count). The van der Waals surface area contributed by atoms with Gasteiger partial charge in [0.2, 0.25) is 0 Å². The number of aryl methyl sites for hydroxylation is 1. The van der Waals surface area contributed by atoms with Crippen LogP contribution in [0.4, 0.5) is 5.69 Å². The van der Waals surface area contributed by atoms with Crippen molar-refractivity contribution in [2.24, 2.45) is 10.7 Å². The topological polar surface area (TPSA) is 38.4 Å². The lowest BCUT2D eigenvalue weighted by Crippen LogP contribution is -2.12. The number of benzene rings is 1. The Morgan fingerprint density at radius 2 is 2.31 bits per heavy atom. The number of halogens is 2. The molecule has 70 valence electrons. The van der Waals surface area contributed by atoms with E-state index in [1.165, 1.54) is 9.13 Å². The number of alkyl halides is 1. The first-order valence-corrected chi connectivity index (χ1v) is 5.40. The van der Waals surface area contributed by atoms with Crippen molar-refractivity contribution in [2.75, 3.05) is 5.88 Å². The summed E-state index contributed by atoms with van der Waals surface area (Å²) in [6.07, 6.45) is 0. The Bertz CT molecular complexity index is 336. The fraction of sp³-hybridized carbons (Fsp3) is 0.222. The van der Waals surface area contributed by atoms with Crippen LogP contribution in [0.5, 0.6) is 0 Å². The van der Waals surface area contributed by atoms with Gasteiger partial charge in [0.1, 0.15) is 5.84 Å². The number of hydrogen-bond acceptors (Lipinski definition) is 1. The predicted octanol–water partition coefficient (Wildman–Crippen LogP) is 2.83. The summed E-state index contributed by atoms with van der Waals surface area (Å²) < 4.78 is 1.22. The minimum absolute atomic E-state index is 0.269. The van der Waals surface area contributed by atoms with E-state index in [-0.39, 0.29) is 5.88 Å². The van der Waals surface area contributed by atoms with Crippen LogP contribution in [0.2, 0.25) is 0 Å². The molecule has 0 unspecified atom stereocenters. The van der Waals surface area contributed by atoms with Gasteiger partial charge >= 0.3 is 0 Å². The van der Waals surface area contributed by atoms with Crippen molar-refractivity contribution in [3.8, 4) is 0 Å². The zero-order chi connectivity index (χ0) is 9.84. The van der Waals surface area contributed by atoms with Crippen molar-refractivity contribution in [2.45, 2.75) is 6.92 Å². The first-order valence-electron chi connectivity index (χ1n) is 3.78. The standard InChI is InChI=1S/C9H10ClIN2/c1-6-4-7(2-3-8(6)11)13-9(12)5-10/h2-4H,5H2,1H3,(H2,12,13). The van der Waals surface area contributed by atoms with E-state index in [9.17, 15) is 0 Å². The average molecular weight is 309 g/mol. The van der Waals surface area contributed by atoms with Crippen molar-refractivity contribution in [3.05, 3.63) is 27.3 Å². The SMILES string of the molecule is Cc1cc(N=C(N)CCl)ccc1I. The monoisotopic (exact) mass is 308 g/mol. The van der Waals surface area contributed by atoms with Crippen LogP contribution < -0.4 is 5.73 Å². The summed E-state index contributed by atoms with van der Waals surface area (Å²) in [6.45, 7) is 2.04. The third kappa shape index (κ3) is 3.15. The van der Waals surface area contributed by atoms with Gasteiger partial charge in [-0.1, -0.05) is 0 Å². The first kappa shape index (κ1) is 10.8. The molecule has 0 aliphatic carbocycles. The molecule has 1 aromatic carbocycles. The highest BCUT2D eigenvalue weighted by Crippen LogP contribution is 2.18. The summed E-state index contributed by atoms with van der Waals surface area (Å²) in [5.74, 6) is 0.715. The van der Waals surface area contributed by atoms with E-state index in [1.807, 2.05) is 25.1 Å². The summed E-state index contributed by atoms with van der Waals surface area (Å²) in [4.78, 5) is 4.14. The fourth-order valence-corrected chi connectivity index (χ4v) is 1.29. The Morgan fingerprint density at radius 3 is 2.85 bits per heavy atom. The van der Waals surface area contributed by atoms with Gasteiger partial charge in [0.25, 0.3) is 0 Å². The van der Waals surface area contributed by atoms with Crippen molar-refractivity contribution in [3.63, 3.8) is 0 Å². The van der Waals surface area contributed by atoms with Crippen LogP contribution in [0, 0.1) is 10.5 Å². The molecule has 0 spiro atoms. The fourth-order valence-electron chi connectivity index (χ4n) is 0.894. The van der Waals surface area contributed by atoms with Crippen molar-refractivity contribution >= 4 is 45.7 Å². The molecule has 0 heterocycles. The molecule has 0 aliphatic rings. The second kappa shape index (κ2) is 4.81. The van der Waals surface area contributed by atoms with E-state index < -0.39 is 0 Å². The van der Waals surface area contributed by atoms with E-state index in [0.717, 1.165) is 5.69 Å². The molecule has 0 aromatic heterocycles. The first-order chi connectivity index (χ1) is 6.13. The Morgan fingerprint density at radius 1 is 1.62 bits per heavy atom. The molecule has 0 aliphatic heterocycles. The minimum Gasteiger partial charge on any atom is -0.386 e. The van der Waals surface area contributed by atoms with Gasteiger partial charge in [-0.3, -0.25) is 0 Å². The van der Waals surface area contributed by atoms with Crippen LogP contribution >= 0.6 is 34.2 Å². The zero-order valence-corrected chi connectivity index (χ0v) is 10.1. The lowest BCUT2D eigenvalue weighted by Gasteiger charge is -2.00. The van der Waals surface area contributed by atoms with Crippen LogP contribution in [-0.4, -0.2) is 11.7 Å². The van der Waals surface area contributed by atoms with Crippen LogP contribution in [0.3, 0.4) is 0 Å². The summed E-state index contributed by atoms with van der Waals surface area (Å²) in [7, 11) is 0. The van der Waals surface area contributed by atoms with Crippen LogP contribution in [0.1, 0.15) is 5.56 Å². The maximum absolute atomic E-state index is 5.52. The van der Waals surface area contributed by atoms with Crippen molar-refractivity contribution < 1.29 is 0 Å². The minimum atomic E-state index is 0.269. The molecule has 0 fully saturated rings. The molecule has 0 amide bonds. The average Bonchev–Trinajstić information content (AvgIpc) is 2.11. The second-order valence-electron chi connectivity index (χ2n) is 2.67. The Balaban J connectivity index is 2.98.